The zero-order valence-corrected chi connectivity index (χ0v) is 13.8. The van der Waals surface area contributed by atoms with Crippen LogP contribution in [-0.4, -0.2) is 32.5 Å². The molecule has 1 fully saturated rings. The Bertz CT molecular complexity index is 888. The molecule has 126 valence electrons. The van der Waals surface area contributed by atoms with Crippen molar-refractivity contribution >= 4 is 0 Å². The fraction of sp³-hybridized carbons (Fsp3) is 0.300. The van der Waals surface area contributed by atoms with Crippen LogP contribution in [0.5, 0.6) is 0 Å². The number of likely N-dealkylation sites (tertiary alicyclic amines) is 1. The van der Waals surface area contributed by atoms with Crippen molar-refractivity contribution in [2.75, 3.05) is 13.1 Å². The molecule has 0 saturated carbocycles. The molecule has 2 aliphatic rings. The molecular weight excluding hydrogens is 315 g/mol. The molecule has 0 aliphatic carbocycles. The summed E-state index contributed by atoms with van der Waals surface area (Å²) in [7, 11) is 0. The number of aromatic nitrogens is 3. The summed E-state index contributed by atoms with van der Waals surface area (Å²) < 4.78 is 15.4. The Morgan fingerprint density at radius 3 is 2.72 bits per heavy atom. The van der Waals surface area contributed by atoms with Crippen molar-refractivity contribution in [3.63, 3.8) is 0 Å². The zero-order chi connectivity index (χ0) is 16.8. The fourth-order valence-corrected chi connectivity index (χ4v) is 4.27. The van der Waals surface area contributed by atoms with Gasteiger partial charge >= 0.3 is 0 Å². The standard InChI is InChI=1S/C20H19FN4/c21-17-5-3-14(4-6-17)10-24-11-16-12-25-19(15-2-1-7-22-8-15)9-23-20(25)18(16)13-24/h1-9,16,18H,10-13H2/t16-,18-/m0/s1. The number of benzene rings is 1. The SMILES string of the molecule is Fc1ccc(CN2C[C@H]3Cn4c(-c5cccnc5)cnc4[C@H]3C2)cc1. The van der Waals surface area contributed by atoms with Crippen LogP contribution in [0.4, 0.5) is 4.39 Å². The van der Waals surface area contributed by atoms with E-state index in [-0.39, 0.29) is 5.82 Å². The van der Waals surface area contributed by atoms with Crippen LogP contribution in [0.3, 0.4) is 0 Å². The molecule has 1 aromatic carbocycles. The number of hydrogen-bond donors (Lipinski definition) is 0. The van der Waals surface area contributed by atoms with Crippen molar-refractivity contribution in [2.45, 2.75) is 19.0 Å². The third-order valence-electron chi connectivity index (χ3n) is 5.43. The van der Waals surface area contributed by atoms with Crippen molar-refractivity contribution < 1.29 is 4.39 Å². The van der Waals surface area contributed by atoms with Gasteiger partial charge in [0.25, 0.3) is 0 Å². The first kappa shape index (κ1) is 14.8. The van der Waals surface area contributed by atoms with Crippen LogP contribution in [0.1, 0.15) is 17.3 Å². The number of fused-ring (bicyclic) bond motifs is 3. The van der Waals surface area contributed by atoms with Gasteiger partial charge in [0.15, 0.2) is 0 Å². The summed E-state index contributed by atoms with van der Waals surface area (Å²) in [5.74, 6) is 2.13. The lowest BCUT2D eigenvalue weighted by atomic mass is 9.99. The van der Waals surface area contributed by atoms with Gasteiger partial charge < -0.3 is 4.57 Å². The highest BCUT2D eigenvalue weighted by Crippen LogP contribution is 2.41. The summed E-state index contributed by atoms with van der Waals surface area (Å²) in [6.07, 6.45) is 5.68. The minimum atomic E-state index is -0.174. The number of hydrogen-bond acceptors (Lipinski definition) is 3. The van der Waals surface area contributed by atoms with Gasteiger partial charge in [0.1, 0.15) is 11.6 Å². The van der Waals surface area contributed by atoms with Crippen molar-refractivity contribution in [2.24, 2.45) is 5.92 Å². The summed E-state index contributed by atoms with van der Waals surface area (Å²) in [5, 5.41) is 0. The lowest BCUT2D eigenvalue weighted by Crippen LogP contribution is -2.22. The molecule has 1 saturated heterocycles. The number of halogens is 1. The van der Waals surface area contributed by atoms with E-state index in [1.54, 1.807) is 18.3 Å². The van der Waals surface area contributed by atoms with Gasteiger partial charge in [0.05, 0.1) is 11.9 Å². The Balaban J connectivity index is 1.35. The molecule has 4 nitrogen and oxygen atoms in total. The molecule has 2 aliphatic heterocycles. The van der Waals surface area contributed by atoms with Gasteiger partial charge in [-0.05, 0) is 29.8 Å². The summed E-state index contributed by atoms with van der Waals surface area (Å²) in [5.41, 5.74) is 3.47. The predicted octanol–water partition coefficient (Wildman–Crippen LogP) is 3.31. The van der Waals surface area contributed by atoms with Gasteiger partial charge in [-0.2, -0.15) is 0 Å². The summed E-state index contributed by atoms with van der Waals surface area (Å²) in [6.45, 7) is 3.98. The number of rotatable bonds is 3. The molecule has 2 atom stereocenters. The van der Waals surface area contributed by atoms with Gasteiger partial charge in [-0.15, -0.1) is 0 Å². The van der Waals surface area contributed by atoms with Crippen LogP contribution in [0, 0.1) is 11.7 Å². The van der Waals surface area contributed by atoms with E-state index in [1.165, 1.54) is 17.1 Å². The third-order valence-corrected chi connectivity index (χ3v) is 5.43. The summed E-state index contributed by atoms with van der Waals surface area (Å²) in [6, 6.07) is 10.9. The highest BCUT2D eigenvalue weighted by atomic mass is 19.1. The second-order valence-corrected chi connectivity index (χ2v) is 7.04. The second-order valence-electron chi connectivity index (χ2n) is 7.04. The highest BCUT2D eigenvalue weighted by molar-refractivity contribution is 5.58. The summed E-state index contributed by atoms with van der Waals surface area (Å²) in [4.78, 5) is 11.4. The van der Waals surface area contributed by atoms with E-state index < -0.39 is 0 Å². The molecule has 25 heavy (non-hydrogen) atoms. The molecule has 0 spiro atoms. The van der Waals surface area contributed by atoms with E-state index in [2.05, 4.69) is 20.5 Å². The molecular formula is C20H19FN4. The normalized spacial score (nSPS) is 22.1. The lowest BCUT2D eigenvalue weighted by Gasteiger charge is -2.17. The number of pyridine rings is 1. The highest BCUT2D eigenvalue weighted by Gasteiger charge is 2.42. The Morgan fingerprint density at radius 1 is 1.04 bits per heavy atom. The average Bonchev–Trinajstić information content (AvgIpc) is 3.29. The molecule has 0 unspecified atom stereocenters. The maximum absolute atomic E-state index is 13.1. The first-order valence-electron chi connectivity index (χ1n) is 8.70. The molecule has 0 bridgehead atoms. The first-order chi connectivity index (χ1) is 12.3. The summed E-state index contributed by atoms with van der Waals surface area (Å²) >= 11 is 0. The Labute approximate surface area is 146 Å². The molecule has 2 aromatic heterocycles. The maximum atomic E-state index is 13.1. The zero-order valence-electron chi connectivity index (χ0n) is 13.8. The van der Waals surface area contributed by atoms with Crippen molar-refractivity contribution in [1.29, 1.82) is 0 Å². The molecule has 4 heterocycles. The quantitative estimate of drug-likeness (QED) is 0.737. The Kier molecular flexibility index (Phi) is 3.41. The van der Waals surface area contributed by atoms with Crippen molar-refractivity contribution in [3.8, 4) is 11.3 Å². The fourth-order valence-electron chi connectivity index (χ4n) is 4.27. The van der Waals surface area contributed by atoms with E-state index in [9.17, 15) is 4.39 Å². The van der Waals surface area contributed by atoms with Gasteiger partial charge in [0, 0.05) is 56.0 Å². The largest absolute Gasteiger partial charge is 0.327 e. The molecule has 5 rings (SSSR count). The Hall–Kier alpha value is -2.53. The number of nitrogens with zero attached hydrogens (tertiary/aromatic N) is 4. The first-order valence-corrected chi connectivity index (χ1v) is 8.70. The monoisotopic (exact) mass is 334 g/mol. The average molecular weight is 334 g/mol. The van der Waals surface area contributed by atoms with Gasteiger partial charge in [-0.1, -0.05) is 12.1 Å². The van der Waals surface area contributed by atoms with Crippen LogP contribution in [0.15, 0.2) is 55.0 Å². The molecule has 5 heteroatoms. The van der Waals surface area contributed by atoms with Crippen molar-refractivity contribution in [1.82, 2.24) is 19.4 Å². The topological polar surface area (TPSA) is 34.0 Å². The van der Waals surface area contributed by atoms with E-state index in [0.29, 0.717) is 11.8 Å². The van der Waals surface area contributed by atoms with Gasteiger partial charge in [-0.3, -0.25) is 9.88 Å². The van der Waals surface area contributed by atoms with Crippen molar-refractivity contribution in [3.05, 3.63) is 72.2 Å². The van der Waals surface area contributed by atoms with E-state index in [4.69, 9.17) is 4.98 Å². The van der Waals surface area contributed by atoms with E-state index >= 15 is 0 Å². The minimum Gasteiger partial charge on any atom is -0.327 e. The number of imidazole rings is 1. The lowest BCUT2D eigenvalue weighted by molar-refractivity contribution is 0.306. The van der Waals surface area contributed by atoms with E-state index in [1.807, 2.05) is 30.6 Å². The Morgan fingerprint density at radius 2 is 1.92 bits per heavy atom. The van der Waals surface area contributed by atoms with Crippen LogP contribution in [0.2, 0.25) is 0 Å². The molecule has 3 aromatic rings. The third kappa shape index (κ3) is 2.55. The molecule has 0 amide bonds. The van der Waals surface area contributed by atoms with Gasteiger partial charge in [-0.25, -0.2) is 9.37 Å². The molecule has 0 N–H and O–H groups in total. The van der Waals surface area contributed by atoms with Crippen LogP contribution >= 0.6 is 0 Å². The van der Waals surface area contributed by atoms with Crippen LogP contribution < -0.4 is 0 Å². The van der Waals surface area contributed by atoms with Crippen LogP contribution in [-0.2, 0) is 13.1 Å². The minimum absolute atomic E-state index is 0.174. The van der Waals surface area contributed by atoms with Gasteiger partial charge in [0.2, 0.25) is 0 Å². The van der Waals surface area contributed by atoms with Crippen LogP contribution in [0.25, 0.3) is 11.3 Å². The second kappa shape index (κ2) is 5.77. The smallest absolute Gasteiger partial charge is 0.123 e. The molecule has 0 radical (unpaired) electrons. The maximum Gasteiger partial charge on any atom is 0.123 e. The predicted molar refractivity (Wildman–Crippen MR) is 93.4 cm³/mol. The van der Waals surface area contributed by atoms with E-state index in [0.717, 1.165) is 31.7 Å².